The molecule has 7 heavy (non-hydrogen) atoms. The molecule has 0 aromatic heterocycles. The van der Waals surface area contributed by atoms with Crippen LogP contribution >= 0.6 is 0 Å². The van der Waals surface area contributed by atoms with Crippen molar-refractivity contribution >= 4 is 0 Å². The summed E-state index contributed by atoms with van der Waals surface area (Å²) in [6, 6.07) is 0. The average Bonchev–Trinajstić information content (AvgIpc) is 1.32. The fourth-order valence-corrected chi connectivity index (χ4v) is 0.585. The van der Waals surface area contributed by atoms with Gasteiger partial charge in [0.05, 0.1) is 5.66 Å². The zero-order valence-corrected chi connectivity index (χ0v) is 6.78. The Balaban J connectivity index is 0. The largest absolute Gasteiger partial charge is 1.00 e. The summed E-state index contributed by atoms with van der Waals surface area (Å²) in [5.41, 5.74) is 10.5. The van der Waals surface area contributed by atoms with Crippen molar-refractivity contribution in [2.45, 2.75) is 24.9 Å². The zero-order valence-electron chi connectivity index (χ0n) is 5.78. The van der Waals surface area contributed by atoms with Crippen LogP contribution in [0.25, 0.3) is 0 Å². The second-order valence-corrected chi connectivity index (χ2v) is 2.09. The van der Waals surface area contributed by atoms with Gasteiger partial charge < -0.3 is 12.9 Å². The number of hydrogen-bond donors (Lipinski definition) is 2. The standard InChI is InChI=1S/C4H10N2.Na.H/c5-4(6)2-1-3-4;;/h1-3,5-6H2;;/q;+1;-1. The van der Waals surface area contributed by atoms with E-state index in [1.807, 2.05) is 0 Å². The molecule has 2 nitrogen and oxygen atoms in total. The van der Waals surface area contributed by atoms with Crippen LogP contribution in [0, 0.1) is 0 Å². The summed E-state index contributed by atoms with van der Waals surface area (Å²) in [5.74, 6) is 0. The van der Waals surface area contributed by atoms with Crippen molar-refractivity contribution in [1.29, 1.82) is 0 Å². The van der Waals surface area contributed by atoms with E-state index in [4.69, 9.17) is 11.5 Å². The van der Waals surface area contributed by atoms with Gasteiger partial charge in [0.25, 0.3) is 0 Å². The molecular formula is C4H11N2Na. The number of rotatable bonds is 0. The van der Waals surface area contributed by atoms with Crippen LogP contribution in [0.2, 0.25) is 0 Å². The maximum absolute atomic E-state index is 5.40. The molecule has 0 unspecified atom stereocenters. The van der Waals surface area contributed by atoms with E-state index in [0.29, 0.717) is 0 Å². The van der Waals surface area contributed by atoms with Gasteiger partial charge >= 0.3 is 29.6 Å². The molecule has 1 fully saturated rings. The molecule has 0 heterocycles. The molecule has 0 bridgehead atoms. The van der Waals surface area contributed by atoms with E-state index >= 15 is 0 Å². The first-order valence-corrected chi connectivity index (χ1v) is 2.28. The van der Waals surface area contributed by atoms with E-state index in [1.54, 1.807) is 0 Å². The molecule has 0 radical (unpaired) electrons. The summed E-state index contributed by atoms with van der Waals surface area (Å²) in [6.07, 6.45) is 3.23. The van der Waals surface area contributed by atoms with Crippen molar-refractivity contribution in [3.63, 3.8) is 0 Å². The van der Waals surface area contributed by atoms with Gasteiger partial charge in [-0.25, -0.2) is 0 Å². The Hall–Kier alpha value is 0.920. The third kappa shape index (κ3) is 2.11. The smallest absolute Gasteiger partial charge is 1.00 e. The van der Waals surface area contributed by atoms with Gasteiger partial charge in [0, 0.05) is 0 Å². The first kappa shape index (κ1) is 7.92. The summed E-state index contributed by atoms with van der Waals surface area (Å²) >= 11 is 0. The van der Waals surface area contributed by atoms with Gasteiger partial charge in [0.1, 0.15) is 0 Å². The minimum absolute atomic E-state index is 0. The predicted octanol–water partition coefficient (Wildman–Crippen LogP) is -3.10. The molecular weight excluding hydrogens is 99.0 g/mol. The maximum Gasteiger partial charge on any atom is 1.00 e. The van der Waals surface area contributed by atoms with Gasteiger partial charge in [-0.3, -0.25) is 0 Å². The summed E-state index contributed by atoms with van der Waals surface area (Å²) in [6.45, 7) is 0. The molecule has 38 valence electrons. The summed E-state index contributed by atoms with van der Waals surface area (Å²) in [5, 5.41) is 0. The van der Waals surface area contributed by atoms with Crippen molar-refractivity contribution in [3.8, 4) is 0 Å². The molecule has 1 aliphatic rings. The maximum atomic E-state index is 5.40. The molecule has 0 amide bonds. The first-order chi connectivity index (χ1) is 2.71. The van der Waals surface area contributed by atoms with E-state index in [9.17, 15) is 0 Å². The normalized spacial score (nSPS) is 24.9. The monoisotopic (exact) mass is 110 g/mol. The van der Waals surface area contributed by atoms with Crippen LogP contribution in [0.5, 0.6) is 0 Å². The van der Waals surface area contributed by atoms with Crippen LogP contribution in [-0.2, 0) is 0 Å². The van der Waals surface area contributed by atoms with Crippen LogP contribution in [0.3, 0.4) is 0 Å². The molecule has 0 atom stereocenters. The van der Waals surface area contributed by atoms with Gasteiger partial charge in [-0.05, 0) is 19.3 Å². The van der Waals surface area contributed by atoms with Gasteiger partial charge in [-0.1, -0.05) is 0 Å². The Bertz CT molecular complexity index is 61.1. The van der Waals surface area contributed by atoms with Gasteiger partial charge in [-0.15, -0.1) is 0 Å². The SMILES string of the molecule is NC1(N)CCC1.[H-].[Na+]. The quantitative estimate of drug-likeness (QED) is 0.256. The molecule has 0 aromatic rings. The van der Waals surface area contributed by atoms with Crippen LogP contribution in [-0.4, -0.2) is 5.66 Å². The summed E-state index contributed by atoms with van der Waals surface area (Å²) in [4.78, 5) is 0. The van der Waals surface area contributed by atoms with Crippen LogP contribution in [0.1, 0.15) is 20.7 Å². The molecule has 1 aliphatic carbocycles. The zero-order chi connectivity index (χ0) is 4.62. The van der Waals surface area contributed by atoms with Crippen LogP contribution in [0.4, 0.5) is 0 Å². The molecule has 0 aromatic carbocycles. The summed E-state index contributed by atoms with van der Waals surface area (Å²) < 4.78 is 0. The van der Waals surface area contributed by atoms with Gasteiger partial charge in [-0.2, -0.15) is 0 Å². The number of hydrogen-bond acceptors (Lipinski definition) is 2. The van der Waals surface area contributed by atoms with E-state index in [-0.39, 0.29) is 36.6 Å². The Morgan fingerprint density at radius 3 is 1.57 bits per heavy atom. The predicted molar refractivity (Wildman–Crippen MR) is 26.1 cm³/mol. The van der Waals surface area contributed by atoms with Gasteiger partial charge in [0.15, 0.2) is 0 Å². The van der Waals surface area contributed by atoms with Crippen molar-refractivity contribution in [2.75, 3.05) is 0 Å². The van der Waals surface area contributed by atoms with Crippen molar-refractivity contribution in [1.82, 2.24) is 0 Å². The molecule has 1 rings (SSSR count). The number of nitrogens with two attached hydrogens (primary N) is 2. The topological polar surface area (TPSA) is 52.0 Å². The fraction of sp³-hybridized carbons (Fsp3) is 1.00. The van der Waals surface area contributed by atoms with Crippen molar-refractivity contribution in [2.24, 2.45) is 11.5 Å². The fourth-order valence-electron chi connectivity index (χ4n) is 0.585. The van der Waals surface area contributed by atoms with Gasteiger partial charge in [0.2, 0.25) is 0 Å². The van der Waals surface area contributed by atoms with E-state index in [2.05, 4.69) is 0 Å². The molecule has 4 N–H and O–H groups in total. The van der Waals surface area contributed by atoms with Crippen molar-refractivity contribution < 1.29 is 31.0 Å². The first-order valence-electron chi connectivity index (χ1n) is 2.28. The third-order valence-corrected chi connectivity index (χ3v) is 1.28. The summed E-state index contributed by atoms with van der Waals surface area (Å²) in [7, 11) is 0. The van der Waals surface area contributed by atoms with E-state index in [0.717, 1.165) is 12.8 Å². The van der Waals surface area contributed by atoms with Crippen LogP contribution in [0.15, 0.2) is 0 Å². The third-order valence-electron chi connectivity index (χ3n) is 1.28. The average molecular weight is 110 g/mol. The van der Waals surface area contributed by atoms with Crippen molar-refractivity contribution in [3.05, 3.63) is 0 Å². The second-order valence-electron chi connectivity index (χ2n) is 2.09. The Morgan fingerprint density at radius 1 is 1.29 bits per heavy atom. The van der Waals surface area contributed by atoms with E-state index < -0.39 is 0 Å². The molecule has 1 saturated carbocycles. The minimum atomic E-state index is -0.278. The Morgan fingerprint density at radius 2 is 1.57 bits per heavy atom. The molecule has 3 heteroatoms. The molecule has 0 spiro atoms. The van der Waals surface area contributed by atoms with Crippen LogP contribution < -0.4 is 41.0 Å². The minimum Gasteiger partial charge on any atom is -1.00 e. The second kappa shape index (κ2) is 2.46. The molecule has 0 aliphatic heterocycles. The van der Waals surface area contributed by atoms with E-state index in [1.165, 1.54) is 6.42 Å². The Kier molecular flexibility index (Phi) is 2.79. The Labute approximate surface area is 67.4 Å². The molecule has 0 saturated heterocycles.